The number of thiophene rings is 1. The highest BCUT2D eigenvalue weighted by molar-refractivity contribution is 7.19. The summed E-state index contributed by atoms with van der Waals surface area (Å²) in [6.07, 6.45) is -1.91. The molecular formula is C27H29F3O2S. The maximum absolute atomic E-state index is 13.2. The maximum Gasteiger partial charge on any atom is 0.416 e. The topological polar surface area (TPSA) is 26.3 Å². The highest BCUT2D eigenvalue weighted by Crippen LogP contribution is 2.40. The molecule has 0 radical (unpaired) electrons. The Bertz CT molecular complexity index is 1170. The largest absolute Gasteiger partial charge is 0.469 e. The fourth-order valence-electron chi connectivity index (χ4n) is 4.11. The van der Waals surface area contributed by atoms with Crippen LogP contribution < -0.4 is 0 Å². The summed E-state index contributed by atoms with van der Waals surface area (Å²) in [7, 11) is 1.39. The van der Waals surface area contributed by atoms with Crippen molar-refractivity contribution in [3.63, 3.8) is 0 Å². The van der Waals surface area contributed by atoms with E-state index in [9.17, 15) is 18.0 Å². The van der Waals surface area contributed by atoms with E-state index < -0.39 is 11.7 Å². The molecule has 0 bridgehead atoms. The third kappa shape index (κ3) is 5.85. The number of aryl methyl sites for hydroxylation is 3. The van der Waals surface area contributed by atoms with Gasteiger partial charge in [0.25, 0.3) is 0 Å². The van der Waals surface area contributed by atoms with E-state index in [0.717, 1.165) is 50.9 Å². The van der Waals surface area contributed by atoms with E-state index >= 15 is 0 Å². The molecule has 0 saturated heterocycles. The minimum absolute atomic E-state index is 0.218. The van der Waals surface area contributed by atoms with Crippen molar-refractivity contribution in [1.29, 1.82) is 0 Å². The highest BCUT2D eigenvalue weighted by atomic mass is 32.1. The quantitative estimate of drug-likeness (QED) is 0.308. The van der Waals surface area contributed by atoms with Crippen LogP contribution in [0.3, 0.4) is 0 Å². The normalized spacial score (nSPS) is 11.9. The average molecular weight is 475 g/mol. The van der Waals surface area contributed by atoms with Crippen LogP contribution in [0.1, 0.15) is 65.3 Å². The van der Waals surface area contributed by atoms with Crippen LogP contribution in [0.4, 0.5) is 13.2 Å². The first-order valence-corrected chi connectivity index (χ1v) is 11.8. The van der Waals surface area contributed by atoms with E-state index in [1.807, 2.05) is 19.1 Å². The molecule has 2 nitrogen and oxygen atoms in total. The number of halogens is 3. The van der Waals surface area contributed by atoms with Crippen molar-refractivity contribution >= 4 is 33.0 Å². The second-order valence-corrected chi connectivity index (χ2v) is 9.76. The number of rotatable bonds is 8. The van der Waals surface area contributed by atoms with Gasteiger partial charge in [0.1, 0.15) is 0 Å². The van der Waals surface area contributed by atoms with Gasteiger partial charge in [-0.25, -0.2) is 0 Å². The first-order valence-electron chi connectivity index (χ1n) is 11.0. The average Bonchev–Trinajstić information content (AvgIpc) is 3.13. The lowest BCUT2D eigenvalue weighted by Crippen LogP contribution is -2.03. The van der Waals surface area contributed by atoms with Crippen LogP contribution in [0.5, 0.6) is 0 Å². The van der Waals surface area contributed by atoms with Gasteiger partial charge in [0.15, 0.2) is 0 Å². The number of hydrogen-bond acceptors (Lipinski definition) is 3. The van der Waals surface area contributed by atoms with Crippen molar-refractivity contribution in [2.45, 2.75) is 58.5 Å². The van der Waals surface area contributed by atoms with Crippen molar-refractivity contribution in [3.05, 3.63) is 75.7 Å². The Morgan fingerprint density at radius 1 is 1.09 bits per heavy atom. The molecule has 0 aliphatic heterocycles. The second-order valence-electron chi connectivity index (χ2n) is 8.62. The standard InChI is InChI=1S/C27H29F3O2S/c1-16(2)26-22-11-10-21(27(28,29)30)15-24(22)33-23(26)12-6-17(3)20-8-7-19(18(4)14-20)9-13-25(31)32-5/h7-8,10-11,14-16H,3,6,9,12-13H2,1-2,4-5H3. The lowest BCUT2D eigenvalue weighted by molar-refractivity contribution is -0.140. The lowest BCUT2D eigenvalue weighted by atomic mass is 9.93. The first-order chi connectivity index (χ1) is 15.5. The number of hydrogen-bond donors (Lipinski definition) is 0. The van der Waals surface area contributed by atoms with Crippen LogP contribution >= 0.6 is 11.3 Å². The summed E-state index contributed by atoms with van der Waals surface area (Å²) in [5, 5.41) is 0.911. The number of benzene rings is 2. The monoisotopic (exact) mass is 474 g/mol. The van der Waals surface area contributed by atoms with Crippen LogP contribution in [0.2, 0.25) is 0 Å². The van der Waals surface area contributed by atoms with Crippen molar-refractivity contribution in [1.82, 2.24) is 0 Å². The molecule has 0 amide bonds. The summed E-state index contributed by atoms with van der Waals surface area (Å²) in [5.74, 6) is -0.00961. The molecule has 0 N–H and O–H groups in total. The fourth-order valence-corrected chi connectivity index (χ4v) is 5.51. The van der Waals surface area contributed by atoms with Gasteiger partial charge in [-0.1, -0.05) is 44.7 Å². The van der Waals surface area contributed by atoms with Crippen LogP contribution in [-0.2, 0) is 28.5 Å². The Labute approximate surface area is 197 Å². The molecule has 0 spiro atoms. The Hall–Kier alpha value is -2.60. The van der Waals surface area contributed by atoms with Gasteiger partial charge in [0.2, 0.25) is 0 Å². The first kappa shape index (κ1) is 25.0. The van der Waals surface area contributed by atoms with Gasteiger partial charge in [-0.05, 0) is 77.4 Å². The van der Waals surface area contributed by atoms with E-state index in [4.69, 9.17) is 4.74 Å². The number of ether oxygens (including phenoxy) is 1. The molecule has 0 saturated carbocycles. The molecular weight excluding hydrogens is 445 g/mol. The van der Waals surface area contributed by atoms with Gasteiger partial charge in [-0.3, -0.25) is 4.79 Å². The Balaban J connectivity index is 1.78. The number of alkyl halides is 3. The maximum atomic E-state index is 13.2. The summed E-state index contributed by atoms with van der Waals surface area (Å²) < 4.78 is 44.9. The zero-order valence-corrected chi connectivity index (χ0v) is 20.3. The van der Waals surface area contributed by atoms with Crippen LogP contribution in [-0.4, -0.2) is 13.1 Å². The summed E-state index contributed by atoms with van der Waals surface area (Å²) in [5.41, 5.74) is 4.75. The Kier molecular flexibility index (Phi) is 7.68. The van der Waals surface area contributed by atoms with Gasteiger partial charge in [-0.2, -0.15) is 13.2 Å². The molecule has 33 heavy (non-hydrogen) atoms. The number of fused-ring (bicyclic) bond motifs is 1. The van der Waals surface area contributed by atoms with E-state index in [2.05, 4.69) is 26.5 Å². The van der Waals surface area contributed by atoms with Crippen molar-refractivity contribution < 1.29 is 22.7 Å². The van der Waals surface area contributed by atoms with Gasteiger partial charge in [0, 0.05) is 16.0 Å². The molecule has 0 aliphatic rings. The SMILES string of the molecule is C=C(CCc1sc2cc(C(F)(F)F)ccc2c1C(C)C)c1ccc(CCC(=O)OC)c(C)c1. The third-order valence-corrected chi connectivity index (χ3v) is 7.17. The summed E-state index contributed by atoms with van der Waals surface area (Å²) in [6, 6.07) is 10.2. The molecule has 1 aromatic heterocycles. The van der Waals surface area contributed by atoms with Crippen LogP contribution in [0, 0.1) is 6.92 Å². The molecule has 3 aromatic rings. The Morgan fingerprint density at radius 3 is 2.42 bits per heavy atom. The highest BCUT2D eigenvalue weighted by Gasteiger charge is 2.31. The zero-order valence-electron chi connectivity index (χ0n) is 19.4. The van der Waals surface area contributed by atoms with Gasteiger partial charge < -0.3 is 4.74 Å². The number of allylic oxidation sites excluding steroid dienone is 1. The second kappa shape index (κ2) is 10.1. The molecule has 1 heterocycles. The van der Waals surface area contributed by atoms with Crippen molar-refractivity contribution in [2.24, 2.45) is 0 Å². The summed E-state index contributed by atoms with van der Waals surface area (Å²) in [6.45, 7) is 10.4. The van der Waals surface area contributed by atoms with Gasteiger partial charge in [-0.15, -0.1) is 11.3 Å². The van der Waals surface area contributed by atoms with E-state index in [0.29, 0.717) is 17.5 Å². The number of carbonyl (C=O) groups is 1. The minimum atomic E-state index is -4.34. The zero-order chi connectivity index (χ0) is 24.3. The van der Waals surface area contributed by atoms with Gasteiger partial charge >= 0.3 is 12.1 Å². The van der Waals surface area contributed by atoms with E-state index in [1.165, 1.54) is 30.6 Å². The number of carbonyl (C=O) groups excluding carboxylic acids is 1. The molecule has 0 atom stereocenters. The molecule has 176 valence electrons. The lowest BCUT2D eigenvalue weighted by Gasteiger charge is -2.12. The van der Waals surface area contributed by atoms with Gasteiger partial charge in [0.05, 0.1) is 12.7 Å². The minimum Gasteiger partial charge on any atom is -0.469 e. The van der Waals surface area contributed by atoms with E-state index in [-0.39, 0.29) is 11.9 Å². The van der Waals surface area contributed by atoms with Crippen LogP contribution in [0.25, 0.3) is 15.7 Å². The molecule has 0 fully saturated rings. The van der Waals surface area contributed by atoms with Crippen molar-refractivity contribution in [2.75, 3.05) is 7.11 Å². The molecule has 0 unspecified atom stereocenters. The predicted octanol–water partition coefficient (Wildman–Crippen LogP) is 8.10. The fraction of sp³-hybridized carbons (Fsp3) is 0.370. The van der Waals surface area contributed by atoms with Crippen LogP contribution in [0.15, 0.2) is 43.0 Å². The molecule has 3 rings (SSSR count). The molecule has 6 heteroatoms. The molecule has 0 aliphatic carbocycles. The van der Waals surface area contributed by atoms with E-state index in [1.54, 1.807) is 6.07 Å². The number of esters is 1. The summed E-state index contributed by atoms with van der Waals surface area (Å²) in [4.78, 5) is 12.5. The predicted molar refractivity (Wildman–Crippen MR) is 130 cm³/mol. The Morgan fingerprint density at radius 2 is 1.82 bits per heavy atom. The number of methoxy groups -OCH3 is 1. The summed E-state index contributed by atoms with van der Waals surface area (Å²) >= 11 is 1.45. The van der Waals surface area contributed by atoms with Crippen molar-refractivity contribution in [3.8, 4) is 0 Å². The third-order valence-electron chi connectivity index (χ3n) is 5.94. The smallest absolute Gasteiger partial charge is 0.416 e. The molecule has 2 aromatic carbocycles.